The van der Waals surface area contributed by atoms with Crippen LogP contribution in [0, 0.1) is 0 Å². The minimum Gasteiger partial charge on any atom is -0.507 e. The number of phenolic OH excluding ortho intramolecular Hbond substituents is 2. The SMILES string of the molecule is CC(C)(C)c1cccc(C=NC[C@@](C)(N=Cc2cccc(C(C)(C)C)c2O)c2ccccc2)c1O. The summed E-state index contributed by atoms with van der Waals surface area (Å²) in [7, 11) is 0. The molecule has 4 heteroatoms. The third-order valence-corrected chi connectivity index (χ3v) is 6.26. The van der Waals surface area contributed by atoms with Crippen molar-refractivity contribution in [2.75, 3.05) is 6.54 Å². The summed E-state index contributed by atoms with van der Waals surface area (Å²) in [4.78, 5) is 9.63. The monoisotopic (exact) mass is 470 g/mol. The lowest BCUT2D eigenvalue weighted by atomic mass is 9.85. The molecule has 35 heavy (non-hydrogen) atoms. The molecular formula is C31H38N2O2. The minimum atomic E-state index is -0.654. The summed E-state index contributed by atoms with van der Waals surface area (Å²) in [5.41, 5.74) is 3.16. The summed E-state index contributed by atoms with van der Waals surface area (Å²) in [5, 5.41) is 21.7. The molecule has 0 saturated heterocycles. The second kappa shape index (κ2) is 10.1. The van der Waals surface area contributed by atoms with E-state index in [1.165, 1.54) is 0 Å². The third-order valence-electron chi connectivity index (χ3n) is 6.26. The van der Waals surface area contributed by atoms with Gasteiger partial charge in [-0.2, -0.15) is 0 Å². The van der Waals surface area contributed by atoms with Crippen LogP contribution in [0.25, 0.3) is 0 Å². The Hall–Kier alpha value is -3.40. The summed E-state index contributed by atoms with van der Waals surface area (Å²) < 4.78 is 0. The molecule has 1 atom stereocenters. The van der Waals surface area contributed by atoms with E-state index in [9.17, 15) is 10.2 Å². The average Bonchev–Trinajstić information content (AvgIpc) is 2.78. The maximum absolute atomic E-state index is 10.9. The van der Waals surface area contributed by atoms with E-state index < -0.39 is 5.54 Å². The van der Waals surface area contributed by atoms with Crippen LogP contribution < -0.4 is 0 Å². The van der Waals surface area contributed by atoms with Gasteiger partial charge in [-0.1, -0.05) is 96.1 Å². The molecule has 0 spiro atoms. The van der Waals surface area contributed by atoms with Gasteiger partial charge in [0.15, 0.2) is 0 Å². The smallest absolute Gasteiger partial charge is 0.128 e. The van der Waals surface area contributed by atoms with Crippen LogP contribution in [0.15, 0.2) is 76.7 Å². The lowest BCUT2D eigenvalue weighted by Gasteiger charge is -2.25. The molecule has 0 saturated carbocycles. The van der Waals surface area contributed by atoms with Crippen molar-refractivity contribution in [1.82, 2.24) is 0 Å². The topological polar surface area (TPSA) is 65.2 Å². The fraction of sp³-hybridized carbons (Fsp3) is 0.355. The van der Waals surface area contributed by atoms with Crippen LogP contribution in [0.4, 0.5) is 0 Å². The zero-order valence-corrected chi connectivity index (χ0v) is 22.0. The number of para-hydroxylation sites is 2. The van der Waals surface area contributed by atoms with Crippen molar-refractivity contribution in [1.29, 1.82) is 0 Å². The molecule has 3 aromatic rings. The Balaban J connectivity index is 1.96. The number of benzene rings is 3. The van der Waals surface area contributed by atoms with E-state index in [-0.39, 0.29) is 22.3 Å². The molecule has 0 aliphatic heterocycles. The van der Waals surface area contributed by atoms with E-state index in [2.05, 4.69) is 41.5 Å². The molecule has 0 amide bonds. The Morgan fingerprint density at radius 2 is 1.11 bits per heavy atom. The van der Waals surface area contributed by atoms with Crippen molar-refractivity contribution in [2.45, 2.75) is 64.8 Å². The summed E-state index contributed by atoms with van der Waals surface area (Å²) in [5.74, 6) is 0.518. The van der Waals surface area contributed by atoms with Crippen molar-refractivity contribution < 1.29 is 10.2 Å². The van der Waals surface area contributed by atoms with Crippen LogP contribution in [0.3, 0.4) is 0 Å². The zero-order chi connectivity index (χ0) is 25.9. The predicted octanol–water partition coefficient (Wildman–Crippen LogP) is 7.15. The second-order valence-electron chi connectivity index (χ2n) is 11.4. The lowest BCUT2D eigenvalue weighted by molar-refractivity contribution is 0.444. The van der Waals surface area contributed by atoms with Crippen molar-refractivity contribution in [2.24, 2.45) is 9.98 Å². The highest BCUT2D eigenvalue weighted by molar-refractivity contribution is 5.85. The average molecular weight is 471 g/mol. The van der Waals surface area contributed by atoms with Crippen LogP contribution in [0.5, 0.6) is 11.5 Å². The summed E-state index contributed by atoms with van der Waals surface area (Å²) in [6.07, 6.45) is 3.46. The Kier molecular flexibility index (Phi) is 7.54. The first-order chi connectivity index (χ1) is 16.3. The van der Waals surface area contributed by atoms with Crippen molar-refractivity contribution in [3.05, 3.63) is 94.5 Å². The van der Waals surface area contributed by atoms with Crippen LogP contribution in [-0.2, 0) is 16.4 Å². The van der Waals surface area contributed by atoms with Gasteiger partial charge >= 0.3 is 0 Å². The lowest BCUT2D eigenvalue weighted by Crippen LogP contribution is -2.24. The molecule has 0 heterocycles. The van der Waals surface area contributed by atoms with Crippen LogP contribution in [0.1, 0.15) is 76.3 Å². The largest absolute Gasteiger partial charge is 0.507 e. The molecule has 3 rings (SSSR count). The first-order valence-corrected chi connectivity index (χ1v) is 12.1. The number of aliphatic imine (C=N–C) groups is 2. The molecular weight excluding hydrogens is 432 g/mol. The molecule has 0 radical (unpaired) electrons. The highest BCUT2D eigenvalue weighted by Gasteiger charge is 2.26. The normalized spacial score (nSPS) is 14.5. The maximum Gasteiger partial charge on any atom is 0.128 e. The van der Waals surface area contributed by atoms with Gasteiger partial charge in [0.25, 0.3) is 0 Å². The van der Waals surface area contributed by atoms with Crippen molar-refractivity contribution >= 4 is 12.4 Å². The molecule has 0 aliphatic rings. The summed E-state index contributed by atoms with van der Waals surface area (Å²) in [6, 6.07) is 21.6. The molecule has 0 bridgehead atoms. The molecule has 0 unspecified atom stereocenters. The Morgan fingerprint density at radius 3 is 1.60 bits per heavy atom. The van der Waals surface area contributed by atoms with E-state index in [1.807, 2.05) is 73.7 Å². The van der Waals surface area contributed by atoms with Gasteiger partial charge in [0.2, 0.25) is 0 Å². The summed E-state index contributed by atoms with van der Waals surface area (Å²) in [6.45, 7) is 14.9. The first kappa shape index (κ1) is 26.2. The number of aromatic hydroxyl groups is 2. The first-order valence-electron chi connectivity index (χ1n) is 12.1. The van der Waals surface area contributed by atoms with E-state index >= 15 is 0 Å². The number of hydrogen-bond donors (Lipinski definition) is 2. The van der Waals surface area contributed by atoms with Gasteiger partial charge in [-0.25, -0.2) is 0 Å². The molecule has 3 aromatic carbocycles. The van der Waals surface area contributed by atoms with E-state index in [0.29, 0.717) is 17.7 Å². The fourth-order valence-corrected chi connectivity index (χ4v) is 4.08. The highest BCUT2D eigenvalue weighted by atomic mass is 16.3. The minimum absolute atomic E-state index is 0.166. The van der Waals surface area contributed by atoms with Gasteiger partial charge in [0, 0.05) is 23.6 Å². The number of hydrogen-bond acceptors (Lipinski definition) is 4. The van der Waals surface area contributed by atoms with Gasteiger partial charge in [0.1, 0.15) is 17.0 Å². The summed E-state index contributed by atoms with van der Waals surface area (Å²) >= 11 is 0. The molecule has 0 fully saturated rings. The van der Waals surface area contributed by atoms with E-state index in [0.717, 1.165) is 16.7 Å². The number of rotatable bonds is 6. The van der Waals surface area contributed by atoms with Gasteiger partial charge in [-0.15, -0.1) is 0 Å². The highest BCUT2D eigenvalue weighted by Crippen LogP contribution is 2.34. The second-order valence-corrected chi connectivity index (χ2v) is 11.4. The molecule has 4 nitrogen and oxygen atoms in total. The van der Waals surface area contributed by atoms with Crippen LogP contribution in [0.2, 0.25) is 0 Å². The van der Waals surface area contributed by atoms with E-state index in [1.54, 1.807) is 12.4 Å². The van der Waals surface area contributed by atoms with Gasteiger partial charge in [-0.05, 0) is 46.6 Å². The maximum atomic E-state index is 10.9. The van der Waals surface area contributed by atoms with Gasteiger partial charge < -0.3 is 10.2 Å². The predicted molar refractivity (Wildman–Crippen MR) is 147 cm³/mol. The molecule has 0 aromatic heterocycles. The Bertz CT molecular complexity index is 1210. The third kappa shape index (κ3) is 6.19. The van der Waals surface area contributed by atoms with Gasteiger partial charge in [0.05, 0.1) is 6.54 Å². The number of phenols is 2. The van der Waals surface area contributed by atoms with E-state index in [4.69, 9.17) is 9.98 Å². The molecule has 184 valence electrons. The van der Waals surface area contributed by atoms with Crippen LogP contribution in [-0.4, -0.2) is 29.2 Å². The zero-order valence-electron chi connectivity index (χ0n) is 22.0. The van der Waals surface area contributed by atoms with Gasteiger partial charge in [-0.3, -0.25) is 9.98 Å². The molecule has 2 N–H and O–H groups in total. The quantitative estimate of drug-likeness (QED) is 0.376. The molecule has 0 aliphatic carbocycles. The fourth-order valence-electron chi connectivity index (χ4n) is 4.08. The van der Waals surface area contributed by atoms with Crippen LogP contribution >= 0.6 is 0 Å². The Morgan fingerprint density at radius 1 is 0.629 bits per heavy atom. The number of nitrogens with zero attached hydrogens (tertiary/aromatic N) is 2. The Labute approximate surface area is 210 Å². The van der Waals surface area contributed by atoms with Crippen molar-refractivity contribution in [3.63, 3.8) is 0 Å². The van der Waals surface area contributed by atoms with Crippen molar-refractivity contribution in [3.8, 4) is 11.5 Å². The standard InChI is InChI=1S/C31H38N2O2/c1-29(2,3)25-17-11-13-22(27(25)34)19-32-21-31(7,24-15-9-8-10-16-24)33-20-23-14-12-18-26(28(23)35)30(4,5)6/h8-20,34-35H,21H2,1-7H3/t31-/m1/s1.